The van der Waals surface area contributed by atoms with Crippen LogP contribution in [0.1, 0.15) is 26.8 Å². The van der Waals surface area contributed by atoms with Crippen molar-refractivity contribution in [3.8, 4) is 0 Å². The maximum atomic E-state index is 13.8. The van der Waals surface area contributed by atoms with Gasteiger partial charge in [0.2, 0.25) is 0 Å². The zero-order chi connectivity index (χ0) is 15.4. The second-order valence-corrected chi connectivity index (χ2v) is 5.79. The van der Waals surface area contributed by atoms with Crippen LogP contribution in [-0.2, 0) is 0 Å². The second-order valence-electron chi connectivity index (χ2n) is 4.81. The Morgan fingerprint density at radius 2 is 1.68 bits per heavy atom. The number of halogens is 1. The summed E-state index contributed by atoms with van der Waals surface area (Å²) in [6.45, 7) is 0. The molecule has 1 amide bonds. The van der Waals surface area contributed by atoms with Crippen LogP contribution in [-0.4, -0.2) is 5.91 Å². The van der Waals surface area contributed by atoms with Gasteiger partial charge in [0.15, 0.2) is 0 Å². The molecular weight excluding hydrogens is 297 g/mol. The number of carbonyl (C=O) groups excluding carboxylic acids is 1. The number of nitrogens with one attached hydrogen (secondary N) is 1. The summed E-state index contributed by atoms with van der Waals surface area (Å²) >= 11 is 1.56. The Kier molecular flexibility index (Phi) is 4.30. The zero-order valence-electron chi connectivity index (χ0n) is 11.7. The first kappa shape index (κ1) is 14.5. The molecule has 0 aliphatic heterocycles. The van der Waals surface area contributed by atoms with Gasteiger partial charge in [0.05, 0.1) is 11.6 Å². The fraction of sp³-hybridized carbons (Fsp3) is 0.0556. The highest BCUT2D eigenvalue weighted by atomic mass is 32.1. The van der Waals surface area contributed by atoms with Crippen LogP contribution in [0.15, 0.2) is 72.1 Å². The molecule has 0 saturated heterocycles. The summed E-state index contributed by atoms with van der Waals surface area (Å²) in [7, 11) is 0. The fourth-order valence-corrected chi connectivity index (χ4v) is 3.08. The molecule has 2 nitrogen and oxygen atoms in total. The molecule has 0 bridgehead atoms. The van der Waals surface area contributed by atoms with Gasteiger partial charge in [0, 0.05) is 4.88 Å². The van der Waals surface area contributed by atoms with Crippen molar-refractivity contribution >= 4 is 17.2 Å². The normalized spacial score (nSPS) is 11.9. The first-order valence-electron chi connectivity index (χ1n) is 6.89. The largest absolute Gasteiger partial charge is 0.340 e. The van der Waals surface area contributed by atoms with E-state index < -0.39 is 11.7 Å². The first-order chi connectivity index (χ1) is 10.8. The van der Waals surface area contributed by atoms with Crippen molar-refractivity contribution in [2.45, 2.75) is 6.04 Å². The van der Waals surface area contributed by atoms with Crippen molar-refractivity contribution in [1.29, 1.82) is 0 Å². The first-order valence-corrected chi connectivity index (χ1v) is 7.77. The molecule has 0 aliphatic rings. The van der Waals surface area contributed by atoms with Crippen LogP contribution in [0.2, 0.25) is 0 Å². The molecule has 4 heteroatoms. The van der Waals surface area contributed by atoms with Crippen LogP contribution in [0.25, 0.3) is 0 Å². The van der Waals surface area contributed by atoms with Crippen LogP contribution in [0.4, 0.5) is 4.39 Å². The van der Waals surface area contributed by atoms with Crippen LogP contribution in [0.3, 0.4) is 0 Å². The Morgan fingerprint density at radius 1 is 0.955 bits per heavy atom. The minimum absolute atomic E-state index is 0.0555. The van der Waals surface area contributed by atoms with Gasteiger partial charge in [-0.25, -0.2) is 4.39 Å². The lowest BCUT2D eigenvalue weighted by Crippen LogP contribution is -2.29. The average Bonchev–Trinajstić information content (AvgIpc) is 3.08. The summed E-state index contributed by atoms with van der Waals surface area (Å²) in [4.78, 5) is 13.4. The smallest absolute Gasteiger partial charge is 0.255 e. The average molecular weight is 311 g/mol. The standard InChI is InChI=1S/C18H14FNOS/c19-15-10-5-4-9-14(15)18(21)20-17(16-11-6-12-22-16)13-7-2-1-3-8-13/h1-12,17H,(H,20,21)/t17-/m1/s1. The van der Waals surface area contributed by atoms with E-state index in [0.717, 1.165) is 10.4 Å². The molecule has 0 radical (unpaired) electrons. The molecule has 3 rings (SSSR count). The van der Waals surface area contributed by atoms with E-state index in [1.807, 2.05) is 47.8 Å². The van der Waals surface area contributed by atoms with Gasteiger partial charge >= 0.3 is 0 Å². The summed E-state index contributed by atoms with van der Waals surface area (Å²) < 4.78 is 13.8. The molecule has 1 N–H and O–H groups in total. The number of rotatable bonds is 4. The van der Waals surface area contributed by atoms with Gasteiger partial charge in [-0.2, -0.15) is 0 Å². The number of hydrogen-bond acceptors (Lipinski definition) is 2. The molecule has 0 saturated carbocycles. The number of benzene rings is 2. The van der Waals surface area contributed by atoms with Crippen molar-refractivity contribution in [3.63, 3.8) is 0 Å². The van der Waals surface area contributed by atoms with Crippen LogP contribution in [0.5, 0.6) is 0 Å². The van der Waals surface area contributed by atoms with Gasteiger partial charge < -0.3 is 5.32 Å². The highest BCUT2D eigenvalue weighted by molar-refractivity contribution is 7.10. The lowest BCUT2D eigenvalue weighted by molar-refractivity contribution is 0.0939. The monoisotopic (exact) mass is 311 g/mol. The van der Waals surface area contributed by atoms with Crippen molar-refractivity contribution < 1.29 is 9.18 Å². The Labute approximate surface area is 132 Å². The predicted molar refractivity (Wildman–Crippen MR) is 86.5 cm³/mol. The fourth-order valence-electron chi connectivity index (χ4n) is 2.27. The van der Waals surface area contributed by atoms with Gasteiger partial charge in [-0.05, 0) is 29.1 Å². The van der Waals surface area contributed by atoms with E-state index in [0.29, 0.717) is 0 Å². The van der Waals surface area contributed by atoms with Gasteiger partial charge in [0.1, 0.15) is 5.82 Å². The molecule has 0 unspecified atom stereocenters. The van der Waals surface area contributed by atoms with Gasteiger partial charge in [0.25, 0.3) is 5.91 Å². The highest BCUT2D eigenvalue weighted by Crippen LogP contribution is 2.26. The van der Waals surface area contributed by atoms with E-state index in [9.17, 15) is 9.18 Å². The molecule has 1 heterocycles. The van der Waals surface area contributed by atoms with Crippen LogP contribution >= 0.6 is 11.3 Å². The maximum Gasteiger partial charge on any atom is 0.255 e. The molecule has 2 aromatic carbocycles. The summed E-state index contributed by atoms with van der Waals surface area (Å²) in [6.07, 6.45) is 0. The topological polar surface area (TPSA) is 29.1 Å². The van der Waals surface area contributed by atoms with Gasteiger partial charge in [-0.1, -0.05) is 48.5 Å². The molecular formula is C18H14FNOS. The Balaban J connectivity index is 1.91. The van der Waals surface area contributed by atoms with Gasteiger partial charge in [-0.15, -0.1) is 11.3 Å². The highest BCUT2D eigenvalue weighted by Gasteiger charge is 2.20. The number of hydrogen-bond donors (Lipinski definition) is 1. The number of thiophene rings is 1. The Bertz CT molecular complexity index is 756. The number of carbonyl (C=O) groups is 1. The lowest BCUT2D eigenvalue weighted by atomic mass is 10.0. The second kappa shape index (κ2) is 6.54. The Hall–Kier alpha value is -2.46. The van der Waals surface area contributed by atoms with E-state index in [-0.39, 0.29) is 11.6 Å². The molecule has 110 valence electrons. The quantitative estimate of drug-likeness (QED) is 0.760. The SMILES string of the molecule is O=C(N[C@H](c1ccccc1)c1cccs1)c1ccccc1F. The van der Waals surface area contributed by atoms with Crippen LogP contribution < -0.4 is 5.32 Å². The van der Waals surface area contributed by atoms with Crippen LogP contribution in [0, 0.1) is 5.82 Å². The minimum atomic E-state index is -0.516. The van der Waals surface area contributed by atoms with E-state index in [2.05, 4.69) is 5.32 Å². The third kappa shape index (κ3) is 3.07. The van der Waals surface area contributed by atoms with Crippen molar-refractivity contribution in [3.05, 3.63) is 93.9 Å². The van der Waals surface area contributed by atoms with Gasteiger partial charge in [-0.3, -0.25) is 4.79 Å². The minimum Gasteiger partial charge on any atom is -0.340 e. The molecule has 0 spiro atoms. The molecule has 1 atom stereocenters. The predicted octanol–water partition coefficient (Wildman–Crippen LogP) is 4.41. The van der Waals surface area contributed by atoms with E-state index in [1.165, 1.54) is 12.1 Å². The third-order valence-electron chi connectivity index (χ3n) is 3.35. The third-order valence-corrected chi connectivity index (χ3v) is 4.29. The lowest BCUT2D eigenvalue weighted by Gasteiger charge is -2.18. The maximum absolute atomic E-state index is 13.8. The zero-order valence-corrected chi connectivity index (χ0v) is 12.5. The molecule has 0 aliphatic carbocycles. The molecule has 3 aromatic rings. The summed E-state index contributed by atoms with van der Waals surface area (Å²) in [5.74, 6) is -0.932. The molecule has 1 aromatic heterocycles. The van der Waals surface area contributed by atoms with Crippen molar-refractivity contribution in [2.24, 2.45) is 0 Å². The van der Waals surface area contributed by atoms with Crippen molar-refractivity contribution in [2.75, 3.05) is 0 Å². The summed E-state index contributed by atoms with van der Waals surface area (Å²) in [6, 6.07) is 19.3. The van der Waals surface area contributed by atoms with E-state index in [1.54, 1.807) is 23.5 Å². The Morgan fingerprint density at radius 3 is 2.36 bits per heavy atom. The molecule has 22 heavy (non-hydrogen) atoms. The van der Waals surface area contributed by atoms with E-state index >= 15 is 0 Å². The summed E-state index contributed by atoms with van der Waals surface area (Å²) in [5.41, 5.74) is 1.02. The van der Waals surface area contributed by atoms with Crippen molar-refractivity contribution in [1.82, 2.24) is 5.32 Å². The van der Waals surface area contributed by atoms with E-state index in [4.69, 9.17) is 0 Å². The number of amides is 1. The summed E-state index contributed by atoms with van der Waals surface area (Å²) in [5, 5.41) is 4.88. The molecule has 0 fully saturated rings.